The molecule has 0 spiro atoms. The number of fused-ring (bicyclic) bond motifs is 1. The molecule has 1 unspecified atom stereocenters. The maximum absolute atomic E-state index is 6.12. The monoisotopic (exact) mass is 293 g/mol. The lowest BCUT2D eigenvalue weighted by Crippen LogP contribution is -2.27. The van der Waals surface area contributed by atoms with E-state index in [2.05, 4.69) is 24.4 Å². The highest BCUT2D eigenvalue weighted by molar-refractivity contribution is 7.99. The van der Waals surface area contributed by atoms with Crippen molar-refractivity contribution >= 4 is 23.4 Å². The molecule has 2 heterocycles. The van der Waals surface area contributed by atoms with Gasteiger partial charge in [0, 0.05) is 16.0 Å². The molecule has 0 radical (unpaired) electrons. The fraction of sp³-hybridized carbons (Fsp3) is 0.333. The summed E-state index contributed by atoms with van der Waals surface area (Å²) in [6.07, 6.45) is 2.83. The van der Waals surface area contributed by atoms with E-state index in [0.29, 0.717) is 6.04 Å². The molecular weight excluding hydrogens is 278 g/mol. The van der Waals surface area contributed by atoms with E-state index in [9.17, 15) is 0 Å². The fourth-order valence-electron chi connectivity index (χ4n) is 2.46. The Hall–Kier alpha value is -0.900. The predicted octanol–water partition coefficient (Wildman–Crippen LogP) is 4.82. The highest BCUT2D eigenvalue weighted by Crippen LogP contribution is 2.38. The van der Waals surface area contributed by atoms with Gasteiger partial charge in [-0.2, -0.15) is 0 Å². The van der Waals surface area contributed by atoms with Gasteiger partial charge in [-0.1, -0.05) is 11.6 Å². The molecule has 0 amide bonds. The summed E-state index contributed by atoms with van der Waals surface area (Å²) in [5.41, 5.74) is 1.31. The van der Waals surface area contributed by atoms with Crippen LogP contribution >= 0.6 is 23.4 Å². The molecule has 1 aromatic carbocycles. The average molecular weight is 294 g/mol. The molecule has 19 heavy (non-hydrogen) atoms. The van der Waals surface area contributed by atoms with Gasteiger partial charge in [0.2, 0.25) is 0 Å². The van der Waals surface area contributed by atoms with Crippen molar-refractivity contribution in [2.24, 2.45) is 0 Å². The quantitative estimate of drug-likeness (QED) is 0.878. The molecule has 1 aliphatic heterocycles. The van der Waals surface area contributed by atoms with Crippen LogP contribution in [0.1, 0.15) is 36.8 Å². The maximum atomic E-state index is 6.12. The Kier molecular flexibility index (Phi) is 3.87. The topological polar surface area (TPSA) is 25.2 Å². The standard InChI is InChI=1S/C15H16ClNOS/c1-10(14-3-2-7-18-14)17-13-6-8-19-15-5-4-11(16)9-12(13)15/h2-5,7,9-10,13,17H,6,8H2,1H3/t10-,13?/m0/s1. The van der Waals surface area contributed by atoms with Gasteiger partial charge in [0.25, 0.3) is 0 Å². The summed E-state index contributed by atoms with van der Waals surface area (Å²) in [5, 5.41) is 4.44. The van der Waals surface area contributed by atoms with Crippen LogP contribution in [-0.2, 0) is 0 Å². The molecule has 0 aliphatic carbocycles. The Morgan fingerprint density at radius 1 is 1.42 bits per heavy atom. The average Bonchev–Trinajstić information content (AvgIpc) is 2.93. The Labute approximate surface area is 122 Å². The summed E-state index contributed by atoms with van der Waals surface area (Å²) < 4.78 is 5.45. The van der Waals surface area contributed by atoms with E-state index < -0.39 is 0 Å². The normalized spacial score (nSPS) is 20.0. The third-order valence-corrected chi connectivity index (χ3v) is 4.79. The largest absolute Gasteiger partial charge is 0.468 e. The van der Waals surface area contributed by atoms with Crippen LogP contribution in [0.15, 0.2) is 45.9 Å². The van der Waals surface area contributed by atoms with Crippen LogP contribution in [0.2, 0.25) is 5.02 Å². The lowest BCUT2D eigenvalue weighted by Gasteiger charge is -2.28. The van der Waals surface area contributed by atoms with E-state index in [4.69, 9.17) is 16.0 Å². The molecule has 4 heteroatoms. The second-order valence-electron chi connectivity index (χ2n) is 4.78. The van der Waals surface area contributed by atoms with Crippen LogP contribution in [0, 0.1) is 0 Å². The van der Waals surface area contributed by atoms with Crippen LogP contribution < -0.4 is 5.32 Å². The molecule has 0 bridgehead atoms. The first-order chi connectivity index (χ1) is 9.24. The van der Waals surface area contributed by atoms with Crippen LogP contribution in [0.4, 0.5) is 0 Å². The smallest absolute Gasteiger partial charge is 0.120 e. The zero-order valence-corrected chi connectivity index (χ0v) is 12.3. The number of rotatable bonds is 3. The minimum absolute atomic E-state index is 0.204. The van der Waals surface area contributed by atoms with E-state index in [1.807, 2.05) is 30.0 Å². The molecule has 0 fully saturated rings. The van der Waals surface area contributed by atoms with Crippen molar-refractivity contribution in [1.82, 2.24) is 5.32 Å². The Morgan fingerprint density at radius 3 is 3.11 bits per heavy atom. The number of nitrogens with one attached hydrogen (secondary N) is 1. The second-order valence-corrected chi connectivity index (χ2v) is 6.35. The van der Waals surface area contributed by atoms with Crippen LogP contribution in [0.3, 0.4) is 0 Å². The Balaban J connectivity index is 1.81. The molecule has 1 N–H and O–H groups in total. The summed E-state index contributed by atoms with van der Waals surface area (Å²) in [6.45, 7) is 2.13. The summed E-state index contributed by atoms with van der Waals surface area (Å²) in [5.74, 6) is 2.11. The predicted molar refractivity (Wildman–Crippen MR) is 79.8 cm³/mol. The van der Waals surface area contributed by atoms with Gasteiger partial charge >= 0.3 is 0 Å². The van der Waals surface area contributed by atoms with Crippen LogP contribution in [-0.4, -0.2) is 5.75 Å². The zero-order valence-electron chi connectivity index (χ0n) is 10.7. The zero-order chi connectivity index (χ0) is 13.2. The molecule has 2 atom stereocenters. The fourth-order valence-corrected chi connectivity index (χ4v) is 3.75. The van der Waals surface area contributed by atoms with Gasteiger partial charge < -0.3 is 9.73 Å². The Morgan fingerprint density at radius 2 is 2.32 bits per heavy atom. The third kappa shape index (κ3) is 2.83. The molecule has 0 saturated heterocycles. The number of thioether (sulfide) groups is 1. The number of hydrogen-bond donors (Lipinski definition) is 1. The van der Waals surface area contributed by atoms with Gasteiger partial charge in [-0.3, -0.25) is 0 Å². The summed E-state index contributed by atoms with van der Waals surface area (Å²) in [7, 11) is 0. The van der Waals surface area contributed by atoms with E-state index in [-0.39, 0.29) is 6.04 Å². The lowest BCUT2D eigenvalue weighted by atomic mass is 10.0. The molecule has 100 valence electrons. The minimum Gasteiger partial charge on any atom is -0.468 e. The third-order valence-electron chi connectivity index (χ3n) is 3.43. The highest BCUT2D eigenvalue weighted by Gasteiger charge is 2.23. The summed E-state index contributed by atoms with van der Waals surface area (Å²) >= 11 is 8.03. The van der Waals surface area contributed by atoms with Gasteiger partial charge in [-0.15, -0.1) is 11.8 Å². The molecule has 1 aliphatic rings. The maximum Gasteiger partial charge on any atom is 0.120 e. The van der Waals surface area contributed by atoms with E-state index in [0.717, 1.165) is 23.0 Å². The van der Waals surface area contributed by atoms with Crippen molar-refractivity contribution in [3.05, 3.63) is 52.9 Å². The Bertz CT molecular complexity index is 555. The van der Waals surface area contributed by atoms with Crippen molar-refractivity contribution in [1.29, 1.82) is 0 Å². The first kappa shape index (κ1) is 13.1. The molecular formula is C15H16ClNOS. The van der Waals surface area contributed by atoms with Crippen molar-refractivity contribution < 1.29 is 4.42 Å². The van der Waals surface area contributed by atoms with Gasteiger partial charge in [-0.05, 0) is 55.0 Å². The molecule has 1 aromatic heterocycles. The van der Waals surface area contributed by atoms with Gasteiger partial charge in [-0.25, -0.2) is 0 Å². The first-order valence-corrected chi connectivity index (χ1v) is 7.82. The minimum atomic E-state index is 0.204. The van der Waals surface area contributed by atoms with Crippen LogP contribution in [0.5, 0.6) is 0 Å². The first-order valence-electron chi connectivity index (χ1n) is 6.46. The molecule has 2 nitrogen and oxygen atoms in total. The van der Waals surface area contributed by atoms with Crippen LogP contribution in [0.25, 0.3) is 0 Å². The second kappa shape index (κ2) is 5.61. The number of halogens is 1. The number of hydrogen-bond acceptors (Lipinski definition) is 3. The van der Waals surface area contributed by atoms with Crippen molar-refractivity contribution in [2.45, 2.75) is 30.3 Å². The van der Waals surface area contributed by atoms with E-state index in [1.54, 1.807) is 6.26 Å². The number of furan rings is 1. The van der Waals surface area contributed by atoms with E-state index >= 15 is 0 Å². The van der Waals surface area contributed by atoms with Gasteiger partial charge in [0.1, 0.15) is 5.76 Å². The lowest BCUT2D eigenvalue weighted by molar-refractivity contribution is 0.384. The molecule has 2 aromatic rings. The summed E-state index contributed by atoms with van der Waals surface area (Å²) in [4.78, 5) is 1.33. The molecule has 3 rings (SSSR count). The van der Waals surface area contributed by atoms with Crippen molar-refractivity contribution in [3.8, 4) is 0 Å². The van der Waals surface area contributed by atoms with Gasteiger partial charge in [0.05, 0.1) is 12.3 Å². The van der Waals surface area contributed by atoms with E-state index in [1.165, 1.54) is 10.5 Å². The van der Waals surface area contributed by atoms with Crippen molar-refractivity contribution in [3.63, 3.8) is 0 Å². The highest BCUT2D eigenvalue weighted by atomic mass is 35.5. The number of benzene rings is 1. The SMILES string of the molecule is C[C@H](NC1CCSc2ccc(Cl)cc21)c1ccco1. The molecule has 0 saturated carbocycles. The summed E-state index contributed by atoms with van der Waals surface area (Å²) in [6, 6.07) is 10.6. The van der Waals surface area contributed by atoms with Crippen molar-refractivity contribution in [2.75, 3.05) is 5.75 Å². The van der Waals surface area contributed by atoms with Gasteiger partial charge in [0.15, 0.2) is 0 Å².